The molecule has 0 radical (unpaired) electrons. The standard InChI is InChI=1S/C17H17NO3/c1-3-18(14-6-4-5-12(2)9-14)17(19)13-7-8-15-16(10-13)21-11-20-15/h4-10H,3,11H2,1-2H3. The molecule has 3 rings (SSSR count). The van der Waals surface area contributed by atoms with E-state index in [9.17, 15) is 4.79 Å². The Hall–Kier alpha value is -2.49. The minimum atomic E-state index is -0.0404. The second-order valence-electron chi connectivity index (χ2n) is 4.96. The SMILES string of the molecule is CCN(C(=O)c1ccc2c(c1)OCO2)c1cccc(C)c1. The van der Waals surface area contributed by atoms with Gasteiger partial charge in [-0.25, -0.2) is 0 Å². The monoisotopic (exact) mass is 283 g/mol. The lowest BCUT2D eigenvalue weighted by atomic mass is 10.1. The molecule has 1 aliphatic heterocycles. The average molecular weight is 283 g/mol. The van der Waals surface area contributed by atoms with Gasteiger partial charge in [0.15, 0.2) is 11.5 Å². The molecule has 0 fully saturated rings. The fourth-order valence-electron chi connectivity index (χ4n) is 2.42. The lowest BCUT2D eigenvalue weighted by Crippen LogP contribution is -2.30. The van der Waals surface area contributed by atoms with Crippen molar-refractivity contribution in [3.05, 3.63) is 53.6 Å². The molecular formula is C17H17NO3. The van der Waals surface area contributed by atoms with Gasteiger partial charge in [-0.15, -0.1) is 0 Å². The Morgan fingerprint density at radius 3 is 2.71 bits per heavy atom. The number of hydrogen-bond acceptors (Lipinski definition) is 3. The third kappa shape index (κ3) is 2.57. The number of aryl methyl sites for hydroxylation is 1. The van der Waals surface area contributed by atoms with Gasteiger partial charge in [0.25, 0.3) is 5.91 Å². The fourth-order valence-corrected chi connectivity index (χ4v) is 2.42. The molecule has 0 bridgehead atoms. The molecule has 0 N–H and O–H groups in total. The van der Waals surface area contributed by atoms with Crippen molar-refractivity contribution in [2.75, 3.05) is 18.2 Å². The van der Waals surface area contributed by atoms with Crippen LogP contribution in [-0.2, 0) is 0 Å². The summed E-state index contributed by atoms with van der Waals surface area (Å²) in [6.45, 7) is 4.80. The first kappa shape index (κ1) is 13.5. The van der Waals surface area contributed by atoms with E-state index in [2.05, 4.69) is 0 Å². The van der Waals surface area contributed by atoms with E-state index in [-0.39, 0.29) is 12.7 Å². The van der Waals surface area contributed by atoms with E-state index in [1.165, 1.54) is 0 Å². The second-order valence-corrected chi connectivity index (χ2v) is 4.96. The quantitative estimate of drug-likeness (QED) is 0.866. The minimum Gasteiger partial charge on any atom is -0.454 e. The van der Waals surface area contributed by atoms with Crippen molar-refractivity contribution < 1.29 is 14.3 Å². The molecule has 21 heavy (non-hydrogen) atoms. The van der Waals surface area contributed by atoms with Crippen LogP contribution in [0.4, 0.5) is 5.69 Å². The third-order valence-electron chi connectivity index (χ3n) is 3.49. The zero-order chi connectivity index (χ0) is 14.8. The van der Waals surface area contributed by atoms with Gasteiger partial charge in [-0.3, -0.25) is 4.79 Å². The van der Waals surface area contributed by atoms with E-state index in [4.69, 9.17) is 9.47 Å². The maximum atomic E-state index is 12.7. The van der Waals surface area contributed by atoms with E-state index in [1.54, 1.807) is 23.1 Å². The van der Waals surface area contributed by atoms with Gasteiger partial charge >= 0.3 is 0 Å². The van der Waals surface area contributed by atoms with Crippen LogP contribution in [0.1, 0.15) is 22.8 Å². The zero-order valence-electron chi connectivity index (χ0n) is 12.1. The number of amides is 1. The Kier molecular flexibility index (Phi) is 3.52. The number of benzene rings is 2. The molecule has 108 valence electrons. The molecule has 2 aromatic carbocycles. The molecule has 0 spiro atoms. The minimum absolute atomic E-state index is 0.0404. The molecule has 0 aliphatic carbocycles. The van der Waals surface area contributed by atoms with Crippen molar-refractivity contribution >= 4 is 11.6 Å². The van der Waals surface area contributed by atoms with E-state index in [0.29, 0.717) is 23.6 Å². The van der Waals surface area contributed by atoms with E-state index in [0.717, 1.165) is 11.3 Å². The van der Waals surface area contributed by atoms with Crippen LogP contribution in [0, 0.1) is 6.92 Å². The van der Waals surface area contributed by atoms with Crippen molar-refractivity contribution in [1.29, 1.82) is 0 Å². The largest absolute Gasteiger partial charge is 0.454 e. The van der Waals surface area contributed by atoms with Crippen LogP contribution >= 0.6 is 0 Å². The van der Waals surface area contributed by atoms with Crippen molar-refractivity contribution in [2.24, 2.45) is 0 Å². The first-order chi connectivity index (χ1) is 10.2. The maximum Gasteiger partial charge on any atom is 0.258 e. The summed E-state index contributed by atoms with van der Waals surface area (Å²) in [5.41, 5.74) is 2.63. The van der Waals surface area contributed by atoms with Gasteiger partial charge in [0, 0.05) is 17.8 Å². The molecule has 4 nitrogen and oxygen atoms in total. The highest BCUT2D eigenvalue weighted by atomic mass is 16.7. The first-order valence-corrected chi connectivity index (χ1v) is 6.97. The molecule has 0 saturated heterocycles. The predicted octanol–water partition coefficient (Wildman–Crippen LogP) is 3.39. The summed E-state index contributed by atoms with van der Waals surface area (Å²) in [5.74, 6) is 1.27. The van der Waals surface area contributed by atoms with Gasteiger partial charge in [-0.05, 0) is 49.7 Å². The van der Waals surface area contributed by atoms with Gasteiger partial charge in [0.05, 0.1) is 0 Å². The third-order valence-corrected chi connectivity index (χ3v) is 3.49. The molecule has 2 aromatic rings. The summed E-state index contributed by atoms with van der Waals surface area (Å²) in [6.07, 6.45) is 0. The van der Waals surface area contributed by atoms with E-state index in [1.807, 2.05) is 38.1 Å². The predicted molar refractivity (Wildman–Crippen MR) is 81.1 cm³/mol. The highest BCUT2D eigenvalue weighted by molar-refractivity contribution is 6.06. The normalized spacial score (nSPS) is 12.3. The Bertz CT molecular complexity index is 681. The lowest BCUT2D eigenvalue weighted by Gasteiger charge is -2.21. The topological polar surface area (TPSA) is 38.8 Å². The molecule has 0 atom stereocenters. The van der Waals surface area contributed by atoms with Crippen LogP contribution in [0.2, 0.25) is 0 Å². The molecule has 1 aliphatic rings. The van der Waals surface area contributed by atoms with Gasteiger partial charge in [0.1, 0.15) is 0 Å². The number of carbonyl (C=O) groups excluding carboxylic acids is 1. The fraction of sp³-hybridized carbons (Fsp3) is 0.235. The maximum absolute atomic E-state index is 12.7. The van der Waals surface area contributed by atoms with Crippen LogP contribution in [0.5, 0.6) is 11.5 Å². The zero-order valence-corrected chi connectivity index (χ0v) is 12.1. The number of rotatable bonds is 3. The number of ether oxygens (including phenoxy) is 2. The van der Waals surface area contributed by atoms with Crippen molar-refractivity contribution in [3.63, 3.8) is 0 Å². The molecule has 0 aromatic heterocycles. The van der Waals surface area contributed by atoms with E-state index < -0.39 is 0 Å². The van der Waals surface area contributed by atoms with Gasteiger partial charge in [-0.1, -0.05) is 12.1 Å². The van der Waals surface area contributed by atoms with Crippen molar-refractivity contribution in [2.45, 2.75) is 13.8 Å². The molecule has 0 saturated carbocycles. The molecule has 0 unspecified atom stereocenters. The summed E-state index contributed by atoms with van der Waals surface area (Å²) in [5, 5.41) is 0. The molecule has 1 amide bonds. The van der Waals surface area contributed by atoms with Crippen LogP contribution in [0.15, 0.2) is 42.5 Å². The van der Waals surface area contributed by atoms with Crippen molar-refractivity contribution in [1.82, 2.24) is 0 Å². The number of carbonyl (C=O) groups is 1. The number of anilines is 1. The second kappa shape index (κ2) is 5.48. The molecule has 4 heteroatoms. The van der Waals surface area contributed by atoms with Gasteiger partial charge < -0.3 is 14.4 Å². The summed E-state index contributed by atoms with van der Waals surface area (Å²) in [6, 6.07) is 13.2. The summed E-state index contributed by atoms with van der Waals surface area (Å²) in [7, 11) is 0. The molecule has 1 heterocycles. The summed E-state index contributed by atoms with van der Waals surface area (Å²) < 4.78 is 10.6. The highest BCUT2D eigenvalue weighted by Gasteiger charge is 2.20. The van der Waals surface area contributed by atoms with Crippen LogP contribution in [-0.4, -0.2) is 19.2 Å². The Labute approximate surface area is 123 Å². The van der Waals surface area contributed by atoms with Crippen LogP contribution < -0.4 is 14.4 Å². The first-order valence-electron chi connectivity index (χ1n) is 6.97. The number of hydrogen-bond donors (Lipinski definition) is 0. The highest BCUT2D eigenvalue weighted by Crippen LogP contribution is 2.33. The Balaban J connectivity index is 1.92. The molecular weight excluding hydrogens is 266 g/mol. The van der Waals surface area contributed by atoms with Crippen LogP contribution in [0.3, 0.4) is 0 Å². The summed E-state index contributed by atoms with van der Waals surface area (Å²) >= 11 is 0. The van der Waals surface area contributed by atoms with Gasteiger partial charge in [-0.2, -0.15) is 0 Å². The smallest absolute Gasteiger partial charge is 0.258 e. The van der Waals surface area contributed by atoms with E-state index >= 15 is 0 Å². The Morgan fingerprint density at radius 1 is 1.14 bits per heavy atom. The number of nitrogens with zero attached hydrogens (tertiary/aromatic N) is 1. The summed E-state index contributed by atoms with van der Waals surface area (Å²) in [4.78, 5) is 14.5. The average Bonchev–Trinajstić information content (AvgIpc) is 2.95. The van der Waals surface area contributed by atoms with Crippen LogP contribution in [0.25, 0.3) is 0 Å². The van der Waals surface area contributed by atoms with Crippen molar-refractivity contribution in [3.8, 4) is 11.5 Å². The number of fused-ring (bicyclic) bond motifs is 1. The lowest BCUT2D eigenvalue weighted by molar-refractivity contribution is 0.0988. The Morgan fingerprint density at radius 2 is 1.95 bits per heavy atom. The van der Waals surface area contributed by atoms with Gasteiger partial charge in [0.2, 0.25) is 6.79 Å².